The van der Waals surface area contributed by atoms with Gasteiger partial charge in [-0.25, -0.2) is 0 Å². The summed E-state index contributed by atoms with van der Waals surface area (Å²) in [6, 6.07) is 4.41. The van der Waals surface area contributed by atoms with Gasteiger partial charge in [0.25, 0.3) is 0 Å². The van der Waals surface area contributed by atoms with Gasteiger partial charge in [0, 0.05) is 24.7 Å². The first kappa shape index (κ1) is 11.2. The van der Waals surface area contributed by atoms with Crippen molar-refractivity contribution in [3.63, 3.8) is 0 Å². The first-order chi connectivity index (χ1) is 7.69. The topological polar surface area (TPSA) is 30.9 Å². The van der Waals surface area contributed by atoms with Gasteiger partial charge in [0.15, 0.2) is 0 Å². The molecule has 0 aliphatic heterocycles. The van der Waals surface area contributed by atoms with E-state index in [9.17, 15) is 0 Å². The van der Waals surface area contributed by atoms with E-state index >= 15 is 0 Å². The van der Waals surface area contributed by atoms with E-state index in [4.69, 9.17) is 5.73 Å². The molecular weight excluding hydrogens is 196 g/mol. The van der Waals surface area contributed by atoms with Crippen LogP contribution in [0.3, 0.4) is 0 Å². The van der Waals surface area contributed by atoms with Crippen molar-refractivity contribution in [2.75, 3.05) is 6.54 Å². The van der Waals surface area contributed by atoms with E-state index in [1.54, 1.807) is 0 Å². The van der Waals surface area contributed by atoms with Crippen molar-refractivity contribution in [3.05, 3.63) is 35.0 Å². The van der Waals surface area contributed by atoms with E-state index in [0.29, 0.717) is 6.54 Å². The minimum atomic E-state index is 0.695. The van der Waals surface area contributed by atoms with Crippen LogP contribution in [-0.4, -0.2) is 11.1 Å². The monoisotopic (exact) mass is 216 g/mol. The van der Waals surface area contributed by atoms with Crippen molar-refractivity contribution in [1.82, 2.24) is 4.57 Å². The van der Waals surface area contributed by atoms with E-state index in [1.807, 2.05) is 0 Å². The van der Waals surface area contributed by atoms with Crippen LogP contribution in [0.2, 0.25) is 0 Å². The molecule has 1 aromatic carbocycles. The minimum absolute atomic E-state index is 0.695. The zero-order chi connectivity index (χ0) is 11.7. The summed E-state index contributed by atoms with van der Waals surface area (Å²) in [5.41, 5.74) is 11.2. The molecule has 16 heavy (non-hydrogen) atoms. The number of nitrogens with zero attached hydrogens (tertiary/aromatic N) is 1. The highest BCUT2D eigenvalue weighted by Gasteiger charge is 2.10. The number of benzene rings is 1. The summed E-state index contributed by atoms with van der Waals surface area (Å²) in [6.07, 6.45) is 3.34. The van der Waals surface area contributed by atoms with Gasteiger partial charge in [-0.15, -0.1) is 0 Å². The smallest absolute Gasteiger partial charge is 0.0515 e. The summed E-state index contributed by atoms with van der Waals surface area (Å²) in [4.78, 5) is 0. The second-order valence-corrected chi connectivity index (χ2v) is 4.41. The van der Waals surface area contributed by atoms with Crippen LogP contribution in [0.15, 0.2) is 18.3 Å². The van der Waals surface area contributed by atoms with Crippen LogP contribution in [0, 0.1) is 13.8 Å². The predicted octanol–water partition coefficient (Wildman–Crippen LogP) is 2.78. The summed E-state index contributed by atoms with van der Waals surface area (Å²) in [5, 5.41) is 1.43. The Labute approximate surface area is 97.1 Å². The number of hydrogen-bond donors (Lipinski definition) is 1. The average Bonchev–Trinajstić information content (AvgIpc) is 2.64. The lowest BCUT2D eigenvalue weighted by Gasteiger charge is -2.07. The molecule has 2 nitrogen and oxygen atoms in total. The van der Waals surface area contributed by atoms with Crippen LogP contribution in [-0.2, 0) is 13.0 Å². The number of aromatic nitrogens is 1. The van der Waals surface area contributed by atoms with Crippen molar-refractivity contribution in [3.8, 4) is 0 Å². The van der Waals surface area contributed by atoms with Crippen LogP contribution >= 0.6 is 0 Å². The summed E-state index contributed by atoms with van der Waals surface area (Å²) >= 11 is 0. The van der Waals surface area contributed by atoms with Gasteiger partial charge in [0.05, 0.1) is 5.52 Å². The molecule has 0 aliphatic rings. The van der Waals surface area contributed by atoms with Gasteiger partial charge in [0.1, 0.15) is 0 Å². The number of fused-ring (bicyclic) bond motifs is 1. The van der Waals surface area contributed by atoms with Crippen molar-refractivity contribution in [2.24, 2.45) is 5.73 Å². The molecule has 0 spiro atoms. The lowest BCUT2D eigenvalue weighted by atomic mass is 10.0. The second-order valence-electron chi connectivity index (χ2n) is 4.41. The van der Waals surface area contributed by atoms with Gasteiger partial charge in [-0.3, -0.25) is 0 Å². The molecular formula is C14H20N2. The Morgan fingerprint density at radius 3 is 2.50 bits per heavy atom. The van der Waals surface area contributed by atoms with E-state index in [1.165, 1.54) is 27.6 Å². The Balaban J connectivity index is 2.78. The highest BCUT2D eigenvalue weighted by atomic mass is 15.0. The van der Waals surface area contributed by atoms with E-state index in [2.05, 4.69) is 43.7 Å². The summed E-state index contributed by atoms with van der Waals surface area (Å²) in [5.74, 6) is 0. The maximum Gasteiger partial charge on any atom is 0.0515 e. The van der Waals surface area contributed by atoms with Crippen molar-refractivity contribution >= 4 is 10.9 Å². The number of hydrogen-bond acceptors (Lipinski definition) is 1. The third-order valence-electron chi connectivity index (χ3n) is 3.26. The average molecular weight is 216 g/mol. The maximum atomic E-state index is 5.67. The van der Waals surface area contributed by atoms with Crippen molar-refractivity contribution < 1.29 is 0 Å². The fraction of sp³-hybridized carbons (Fsp3) is 0.429. The molecule has 0 unspecified atom stereocenters. The lowest BCUT2D eigenvalue weighted by molar-refractivity contribution is 0.731. The summed E-state index contributed by atoms with van der Waals surface area (Å²) in [7, 11) is 0. The van der Waals surface area contributed by atoms with Gasteiger partial charge >= 0.3 is 0 Å². The normalized spacial score (nSPS) is 11.2. The number of aryl methyl sites for hydroxylation is 3. The van der Waals surface area contributed by atoms with Crippen LogP contribution in [0.25, 0.3) is 10.9 Å². The Morgan fingerprint density at radius 1 is 1.19 bits per heavy atom. The fourth-order valence-electron chi connectivity index (χ4n) is 2.47. The van der Waals surface area contributed by atoms with Crippen LogP contribution in [0.1, 0.15) is 23.6 Å². The molecule has 1 heterocycles. The highest BCUT2D eigenvalue weighted by Crippen LogP contribution is 2.28. The Kier molecular flexibility index (Phi) is 3.01. The molecule has 0 atom stereocenters. The van der Waals surface area contributed by atoms with Crippen LogP contribution in [0.5, 0.6) is 0 Å². The zero-order valence-electron chi connectivity index (χ0n) is 10.4. The molecule has 0 amide bonds. The second kappa shape index (κ2) is 4.30. The quantitative estimate of drug-likeness (QED) is 0.840. The summed E-state index contributed by atoms with van der Waals surface area (Å²) in [6.45, 7) is 8.17. The SMILES string of the molecule is CCc1cn(CCN)c2c(C)ccc(C)c12. The number of rotatable bonds is 3. The van der Waals surface area contributed by atoms with Gasteiger partial charge in [-0.1, -0.05) is 19.1 Å². The third kappa shape index (κ3) is 1.63. The minimum Gasteiger partial charge on any atom is -0.346 e. The Morgan fingerprint density at radius 2 is 1.88 bits per heavy atom. The molecule has 0 aliphatic carbocycles. The molecule has 0 saturated heterocycles. The molecule has 0 radical (unpaired) electrons. The molecule has 1 aromatic heterocycles. The first-order valence-corrected chi connectivity index (χ1v) is 5.97. The van der Waals surface area contributed by atoms with E-state index in [-0.39, 0.29) is 0 Å². The van der Waals surface area contributed by atoms with Crippen molar-refractivity contribution in [1.29, 1.82) is 0 Å². The molecule has 2 N–H and O–H groups in total. The summed E-state index contributed by atoms with van der Waals surface area (Å²) < 4.78 is 2.30. The van der Waals surface area contributed by atoms with Crippen LogP contribution in [0.4, 0.5) is 0 Å². The van der Waals surface area contributed by atoms with Gasteiger partial charge in [-0.2, -0.15) is 0 Å². The van der Waals surface area contributed by atoms with Crippen molar-refractivity contribution in [2.45, 2.75) is 33.7 Å². The number of nitrogens with two attached hydrogens (primary N) is 1. The van der Waals surface area contributed by atoms with Gasteiger partial charge < -0.3 is 10.3 Å². The van der Waals surface area contributed by atoms with Crippen LogP contribution < -0.4 is 5.73 Å². The van der Waals surface area contributed by atoms with E-state index in [0.717, 1.165) is 13.0 Å². The predicted molar refractivity (Wildman–Crippen MR) is 69.8 cm³/mol. The first-order valence-electron chi connectivity index (χ1n) is 5.97. The highest BCUT2D eigenvalue weighted by molar-refractivity contribution is 5.89. The lowest BCUT2D eigenvalue weighted by Crippen LogP contribution is -2.09. The molecule has 2 aromatic rings. The Bertz CT molecular complexity index is 509. The molecule has 2 rings (SSSR count). The van der Waals surface area contributed by atoms with E-state index < -0.39 is 0 Å². The maximum absolute atomic E-state index is 5.67. The Hall–Kier alpha value is -1.28. The molecule has 0 saturated carbocycles. The standard InChI is InChI=1S/C14H20N2/c1-4-12-9-16(8-7-15)14-11(3)6-5-10(2)13(12)14/h5-6,9H,4,7-8,15H2,1-3H3. The molecule has 0 bridgehead atoms. The zero-order valence-corrected chi connectivity index (χ0v) is 10.4. The molecule has 2 heteroatoms. The fourth-order valence-corrected chi connectivity index (χ4v) is 2.47. The van der Waals surface area contributed by atoms with Gasteiger partial charge in [-0.05, 0) is 37.0 Å². The van der Waals surface area contributed by atoms with Gasteiger partial charge in [0.2, 0.25) is 0 Å². The molecule has 86 valence electrons. The largest absolute Gasteiger partial charge is 0.346 e. The third-order valence-corrected chi connectivity index (χ3v) is 3.26. The molecule has 0 fully saturated rings.